The molecule has 0 radical (unpaired) electrons. The lowest BCUT2D eigenvalue weighted by Crippen LogP contribution is -2.27. The molecule has 0 bridgehead atoms. The number of carbonyl (C=O) groups is 1. The van der Waals surface area contributed by atoms with Gasteiger partial charge in [0.15, 0.2) is 0 Å². The summed E-state index contributed by atoms with van der Waals surface area (Å²) in [5, 5.41) is 2.93. The molecule has 0 spiro atoms. The second-order valence-corrected chi connectivity index (χ2v) is 4.94. The molecule has 2 aromatic rings. The number of nitrogens with one attached hydrogen (secondary N) is 1. The minimum atomic E-state index is -0.287. The monoisotopic (exact) mass is 286 g/mol. The first kappa shape index (κ1) is 15.2. The highest BCUT2D eigenvalue weighted by molar-refractivity contribution is 5.95. The molecule has 0 heterocycles. The van der Waals surface area contributed by atoms with Gasteiger partial charge in [0.2, 0.25) is 0 Å². The van der Waals surface area contributed by atoms with Gasteiger partial charge in [0.05, 0.1) is 6.04 Å². The average molecular weight is 286 g/mol. The van der Waals surface area contributed by atoms with E-state index >= 15 is 0 Å². The van der Waals surface area contributed by atoms with E-state index in [9.17, 15) is 9.18 Å². The van der Waals surface area contributed by atoms with E-state index in [1.54, 1.807) is 18.2 Å². The summed E-state index contributed by atoms with van der Waals surface area (Å²) in [7, 11) is 0. The molecule has 0 aliphatic heterocycles. The van der Waals surface area contributed by atoms with Crippen molar-refractivity contribution in [3.8, 4) is 0 Å². The molecule has 3 N–H and O–H groups in total. The maximum absolute atomic E-state index is 12.9. The quantitative estimate of drug-likeness (QED) is 0.888. The third-order valence-corrected chi connectivity index (χ3v) is 3.39. The molecule has 1 amide bonds. The SMILES string of the molecule is CC(NC(=O)c1ccccc1CCN)c1ccc(F)cc1. The summed E-state index contributed by atoms with van der Waals surface area (Å²) in [6.07, 6.45) is 0.661. The van der Waals surface area contributed by atoms with Crippen molar-refractivity contribution in [3.63, 3.8) is 0 Å². The first-order chi connectivity index (χ1) is 10.1. The summed E-state index contributed by atoms with van der Waals surface area (Å²) in [6, 6.07) is 13.4. The van der Waals surface area contributed by atoms with E-state index in [2.05, 4.69) is 5.32 Å². The predicted molar refractivity (Wildman–Crippen MR) is 81.5 cm³/mol. The fraction of sp³-hybridized carbons (Fsp3) is 0.235. The van der Waals surface area contributed by atoms with Crippen LogP contribution < -0.4 is 11.1 Å². The number of nitrogens with two attached hydrogens (primary N) is 1. The van der Waals surface area contributed by atoms with Crippen molar-refractivity contribution >= 4 is 5.91 Å². The van der Waals surface area contributed by atoms with Gasteiger partial charge in [0.25, 0.3) is 5.91 Å². The van der Waals surface area contributed by atoms with Crippen LogP contribution in [0.3, 0.4) is 0 Å². The molecule has 0 fully saturated rings. The number of rotatable bonds is 5. The number of hydrogen-bond acceptors (Lipinski definition) is 2. The lowest BCUT2D eigenvalue weighted by molar-refractivity contribution is 0.0939. The van der Waals surface area contributed by atoms with Crippen LogP contribution in [0.1, 0.15) is 34.5 Å². The number of benzene rings is 2. The van der Waals surface area contributed by atoms with Gasteiger partial charge in [-0.05, 0) is 49.2 Å². The van der Waals surface area contributed by atoms with Crippen LogP contribution in [0.2, 0.25) is 0 Å². The highest BCUT2D eigenvalue weighted by Crippen LogP contribution is 2.15. The van der Waals surface area contributed by atoms with Gasteiger partial charge in [-0.15, -0.1) is 0 Å². The molecule has 0 aliphatic rings. The standard InChI is InChI=1S/C17H19FN2O/c1-12(13-6-8-15(18)9-7-13)20-17(21)16-5-3-2-4-14(16)10-11-19/h2-9,12H,10-11,19H2,1H3,(H,20,21). The van der Waals surface area contributed by atoms with E-state index in [0.717, 1.165) is 11.1 Å². The molecule has 21 heavy (non-hydrogen) atoms. The number of hydrogen-bond donors (Lipinski definition) is 2. The molecule has 0 saturated carbocycles. The number of carbonyl (C=O) groups excluding carboxylic acids is 1. The van der Waals surface area contributed by atoms with Gasteiger partial charge in [0.1, 0.15) is 5.82 Å². The van der Waals surface area contributed by atoms with Gasteiger partial charge in [-0.2, -0.15) is 0 Å². The second kappa shape index (κ2) is 6.99. The van der Waals surface area contributed by atoms with E-state index in [1.807, 2.05) is 25.1 Å². The van der Waals surface area contributed by atoms with Gasteiger partial charge in [-0.3, -0.25) is 4.79 Å². The fourth-order valence-corrected chi connectivity index (χ4v) is 2.22. The first-order valence-corrected chi connectivity index (χ1v) is 6.96. The van der Waals surface area contributed by atoms with Crippen molar-refractivity contribution in [2.24, 2.45) is 5.73 Å². The van der Waals surface area contributed by atoms with E-state index in [-0.39, 0.29) is 17.8 Å². The highest BCUT2D eigenvalue weighted by Gasteiger charge is 2.14. The van der Waals surface area contributed by atoms with Crippen molar-refractivity contribution in [1.82, 2.24) is 5.32 Å². The Morgan fingerprint density at radius 1 is 1.19 bits per heavy atom. The van der Waals surface area contributed by atoms with Gasteiger partial charge >= 0.3 is 0 Å². The van der Waals surface area contributed by atoms with Crippen molar-refractivity contribution in [2.75, 3.05) is 6.54 Å². The number of amides is 1. The lowest BCUT2D eigenvalue weighted by Gasteiger charge is -2.16. The average Bonchev–Trinajstić information content (AvgIpc) is 2.48. The van der Waals surface area contributed by atoms with E-state index in [0.29, 0.717) is 18.5 Å². The maximum Gasteiger partial charge on any atom is 0.252 e. The summed E-state index contributed by atoms with van der Waals surface area (Å²) in [4.78, 5) is 12.4. The Kier molecular flexibility index (Phi) is 5.06. The van der Waals surface area contributed by atoms with Gasteiger partial charge in [-0.1, -0.05) is 30.3 Å². The van der Waals surface area contributed by atoms with Crippen molar-refractivity contribution < 1.29 is 9.18 Å². The largest absolute Gasteiger partial charge is 0.346 e. The van der Waals surface area contributed by atoms with Gasteiger partial charge in [0, 0.05) is 5.56 Å². The van der Waals surface area contributed by atoms with Crippen LogP contribution in [0.15, 0.2) is 48.5 Å². The van der Waals surface area contributed by atoms with Crippen LogP contribution >= 0.6 is 0 Å². The lowest BCUT2D eigenvalue weighted by atomic mass is 10.0. The van der Waals surface area contributed by atoms with Crippen LogP contribution in [-0.2, 0) is 6.42 Å². The van der Waals surface area contributed by atoms with Gasteiger partial charge in [-0.25, -0.2) is 4.39 Å². The van der Waals surface area contributed by atoms with Crippen molar-refractivity contribution in [3.05, 3.63) is 71.0 Å². The highest BCUT2D eigenvalue weighted by atomic mass is 19.1. The van der Waals surface area contributed by atoms with Crippen LogP contribution in [0.5, 0.6) is 0 Å². The third-order valence-electron chi connectivity index (χ3n) is 3.39. The van der Waals surface area contributed by atoms with Crippen LogP contribution in [0, 0.1) is 5.82 Å². The fourth-order valence-electron chi connectivity index (χ4n) is 2.22. The van der Waals surface area contributed by atoms with E-state index < -0.39 is 0 Å². The summed E-state index contributed by atoms with van der Waals surface area (Å²) in [6.45, 7) is 2.37. The summed E-state index contributed by atoms with van der Waals surface area (Å²) in [5.41, 5.74) is 8.00. The zero-order chi connectivity index (χ0) is 15.2. The molecule has 1 unspecified atom stereocenters. The number of halogens is 1. The molecule has 0 saturated heterocycles. The summed E-state index contributed by atoms with van der Waals surface area (Å²) < 4.78 is 12.9. The van der Waals surface area contributed by atoms with E-state index in [4.69, 9.17) is 5.73 Å². The molecule has 2 rings (SSSR count). The molecule has 3 nitrogen and oxygen atoms in total. The Morgan fingerprint density at radius 2 is 1.86 bits per heavy atom. The molecular weight excluding hydrogens is 267 g/mol. The first-order valence-electron chi connectivity index (χ1n) is 6.96. The Balaban J connectivity index is 2.12. The summed E-state index contributed by atoms with van der Waals surface area (Å²) in [5.74, 6) is -0.429. The van der Waals surface area contributed by atoms with Gasteiger partial charge < -0.3 is 11.1 Å². The molecule has 4 heteroatoms. The topological polar surface area (TPSA) is 55.1 Å². The predicted octanol–water partition coefficient (Wildman–Crippen LogP) is 2.82. The zero-order valence-electron chi connectivity index (χ0n) is 12.0. The minimum Gasteiger partial charge on any atom is -0.346 e. The molecule has 1 atom stereocenters. The molecule has 0 aromatic heterocycles. The molecule has 2 aromatic carbocycles. The normalized spacial score (nSPS) is 12.0. The van der Waals surface area contributed by atoms with E-state index in [1.165, 1.54) is 12.1 Å². The minimum absolute atomic E-state index is 0.143. The molecular formula is C17H19FN2O. The molecule has 110 valence electrons. The maximum atomic E-state index is 12.9. The van der Waals surface area contributed by atoms with Crippen LogP contribution in [0.25, 0.3) is 0 Å². The summed E-state index contributed by atoms with van der Waals surface area (Å²) >= 11 is 0. The van der Waals surface area contributed by atoms with Crippen LogP contribution in [0.4, 0.5) is 4.39 Å². The Hall–Kier alpha value is -2.20. The third kappa shape index (κ3) is 3.89. The van der Waals surface area contributed by atoms with Crippen LogP contribution in [-0.4, -0.2) is 12.5 Å². The van der Waals surface area contributed by atoms with Crippen molar-refractivity contribution in [1.29, 1.82) is 0 Å². The Labute approximate surface area is 124 Å². The Bertz CT molecular complexity index is 610. The molecule has 0 aliphatic carbocycles. The smallest absolute Gasteiger partial charge is 0.252 e. The van der Waals surface area contributed by atoms with Crippen molar-refractivity contribution in [2.45, 2.75) is 19.4 Å². The second-order valence-electron chi connectivity index (χ2n) is 4.94. The Morgan fingerprint density at radius 3 is 2.52 bits per heavy atom. The zero-order valence-corrected chi connectivity index (χ0v) is 12.0.